The SMILES string of the molecule is NCC(=O)c1ccc(-c2ncc[nH]2)cc1. The van der Waals surface area contributed by atoms with Gasteiger partial charge in [0.15, 0.2) is 5.78 Å². The van der Waals surface area contributed by atoms with Crippen molar-refractivity contribution in [3.05, 3.63) is 42.2 Å². The van der Waals surface area contributed by atoms with Crippen molar-refractivity contribution in [1.29, 1.82) is 0 Å². The maximum atomic E-state index is 11.3. The lowest BCUT2D eigenvalue weighted by molar-refractivity contribution is 0.100. The Balaban J connectivity index is 2.29. The van der Waals surface area contributed by atoms with Gasteiger partial charge in [-0.15, -0.1) is 0 Å². The maximum absolute atomic E-state index is 11.3. The smallest absolute Gasteiger partial charge is 0.176 e. The zero-order valence-electron chi connectivity index (χ0n) is 8.10. The minimum atomic E-state index is -0.0546. The van der Waals surface area contributed by atoms with Crippen LogP contribution < -0.4 is 5.73 Å². The summed E-state index contributed by atoms with van der Waals surface area (Å²) in [6, 6.07) is 7.21. The van der Waals surface area contributed by atoms with Gasteiger partial charge >= 0.3 is 0 Å². The molecule has 15 heavy (non-hydrogen) atoms. The number of carbonyl (C=O) groups excluding carboxylic acids is 1. The maximum Gasteiger partial charge on any atom is 0.176 e. The molecular formula is C11H11N3O. The molecule has 0 aliphatic heterocycles. The molecule has 2 rings (SSSR count). The number of nitrogens with zero attached hydrogens (tertiary/aromatic N) is 1. The molecule has 76 valence electrons. The second kappa shape index (κ2) is 4.06. The van der Waals surface area contributed by atoms with Crippen LogP contribution in [0.15, 0.2) is 36.7 Å². The van der Waals surface area contributed by atoms with Gasteiger partial charge < -0.3 is 10.7 Å². The molecule has 4 heteroatoms. The first-order valence-electron chi connectivity index (χ1n) is 4.64. The fourth-order valence-corrected chi connectivity index (χ4v) is 1.35. The second-order valence-electron chi connectivity index (χ2n) is 3.14. The van der Waals surface area contributed by atoms with E-state index in [0.29, 0.717) is 5.56 Å². The summed E-state index contributed by atoms with van der Waals surface area (Å²) in [6.07, 6.45) is 3.45. The highest BCUT2D eigenvalue weighted by molar-refractivity contribution is 5.97. The fourth-order valence-electron chi connectivity index (χ4n) is 1.35. The van der Waals surface area contributed by atoms with Crippen LogP contribution in [-0.4, -0.2) is 22.3 Å². The average molecular weight is 201 g/mol. The third-order valence-corrected chi connectivity index (χ3v) is 2.16. The molecule has 0 fully saturated rings. The third-order valence-electron chi connectivity index (χ3n) is 2.16. The Labute approximate surface area is 87.1 Å². The number of nitrogens with two attached hydrogens (primary N) is 1. The molecule has 0 atom stereocenters. The molecule has 4 nitrogen and oxygen atoms in total. The number of H-pyrrole nitrogens is 1. The fraction of sp³-hybridized carbons (Fsp3) is 0.0909. The van der Waals surface area contributed by atoms with Crippen LogP contribution in [0, 0.1) is 0 Å². The van der Waals surface area contributed by atoms with Crippen LogP contribution in [0.25, 0.3) is 11.4 Å². The first-order valence-corrected chi connectivity index (χ1v) is 4.64. The van der Waals surface area contributed by atoms with E-state index in [0.717, 1.165) is 11.4 Å². The Bertz CT molecular complexity index is 445. The molecule has 0 radical (unpaired) electrons. The van der Waals surface area contributed by atoms with E-state index in [2.05, 4.69) is 9.97 Å². The molecule has 0 spiro atoms. The predicted octanol–water partition coefficient (Wildman–Crippen LogP) is 1.22. The van der Waals surface area contributed by atoms with Crippen molar-refractivity contribution in [2.75, 3.05) is 6.54 Å². The lowest BCUT2D eigenvalue weighted by Gasteiger charge is -1.99. The summed E-state index contributed by atoms with van der Waals surface area (Å²) in [7, 11) is 0. The molecule has 3 N–H and O–H groups in total. The number of benzene rings is 1. The van der Waals surface area contributed by atoms with Crippen molar-refractivity contribution in [2.45, 2.75) is 0 Å². The van der Waals surface area contributed by atoms with Gasteiger partial charge in [-0.25, -0.2) is 4.98 Å². The number of aromatic nitrogens is 2. The highest BCUT2D eigenvalue weighted by atomic mass is 16.1. The first kappa shape index (κ1) is 9.61. The number of hydrogen-bond donors (Lipinski definition) is 2. The molecular weight excluding hydrogens is 190 g/mol. The minimum absolute atomic E-state index is 0.0418. The van der Waals surface area contributed by atoms with Crippen LogP contribution in [0.2, 0.25) is 0 Å². The van der Waals surface area contributed by atoms with Gasteiger partial charge in [0.1, 0.15) is 5.82 Å². The molecule has 0 saturated carbocycles. The van der Waals surface area contributed by atoms with Crippen molar-refractivity contribution in [3.8, 4) is 11.4 Å². The van der Waals surface area contributed by atoms with Gasteiger partial charge in [-0.1, -0.05) is 24.3 Å². The van der Waals surface area contributed by atoms with Crippen LogP contribution in [-0.2, 0) is 0 Å². The van der Waals surface area contributed by atoms with Crippen molar-refractivity contribution >= 4 is 5.78 Å². The number of ketones is 1. The summed E-state index contributed by atoms with van der Waals surface area (Å²) in [6.45, 7) is 0.0418. The van der Waals surface area contributed by atoms with E-state index in [1.807, 2.05) is 12.1 Å². The topological polar surface area (TPSA) is 71.8 Å². The standard InChI is InChI=1S/C11H11N3O/c12-7-10(15)8-1-3-9(4-2-8)11-13-5-6-14-11/h1-6H,7,12H2,(H,13,14). The first-order chi connectivity index (χ1) is 7.31. The monoisotopic (exact) mass is 201 g/mol. The summed E-state index contributed by atoms with van der Waals surface area (Å²) in [5, 5.41) is 0. The van der Waals surface area contributed by atoms with Crippen LogP contribution >= 0.6 is 0 Å². The van der Waals surface area contributed by atoms with E-state index < -0.39 is 0 Å². The second-order valence-corrected chi connectivity index (χ2v) is 3.14. The molecule has 1 aromatic heterocycles. The number of rotatable bonds is 3. The van der Waals surface area contributed by atoms with Gasteiger partial charge in [0.25, 0.3) is 0 Å². The lowest BCUT2D eigenvalue weighted by Crippen LogP contribution is -2.13. The summed E-state index contributed by atoms with van der Waals surface area (Å²) < 4.78 is 0. The van der Waals surface area contributed by atoms with Crippen LogP contribution in [0.1, 0.15) is 10.4 Å². The van der Waals surface area contributed by atoms with Gasteiger partial charge in [0.2, 0.25) is 0 Å². The largest absolute Gasteiger partial charge is 0.345 e. The van der Waals surface area contributed by atoms with E-state index in [4.69, 9.17) is 5.73 Å². The Kier molecular flexibility index (Phi) is 2.60. The molecule has 0 aliphatic carbocycles. The van der Waals surface area contributed by atoms with E-state index in [1.54, 1.807) is 24.5 Å². The van der Waals surface area contributed by atoms with Crippen LogP contribution in [0.5, 0.6) is 0 Å². The van der Waals surface area contributed by atoms with Crippen LogP contribution in [0.4, 0.5) is 0 Å². The number of Topliss-reactive ketones (excluding diaryl/α,β-unsaturated/α-hetero) is 1. The Hall–Kier alpha value is -1.94. The number of carbonyl (C=O) groups is 1. The molecule has 0 saturated heterocycles. The van der Waals surface area contributed by atoms with Crippen molar-refractivity contribution in [2.24, 2.45) is 5.73 Å². The predicted molar refractivity (Wildman–Crippen MR) is 57.4 cm³/mol. The van der Waals surface area contributed by atoms with Crippen molar-refractivity contribution < 1.29 is 4.79 Å². The molecule has 0 amide bonds. The van der Waals surface area contributed by atoms with E-state index in [9.17, 15) is 4.79 Å². The van der Waals surface area contributed by atoms with Gasteiger partial charge in [-0.05, 0) is 0 Å². The summed E-state index contributed by atoms with van der Waals surface area (Å²) in [5.41, 5.74) is 6.85. The highest BCUT2D eigenvalue weighted by Gasteiger charge is 2.04. The Morgan fingerprint density at radius 2 is 2.07 bits per heavy atom. The number of hydrogen-bond acceptors (Lipinski definition) is 3. The molecule has 1 aromatic carbocycles. The zero-order valence-corrected chi connectivity index (χ0v) is 8.10. The van der Waals surface area contributed by atoms with Crippen LogP contribution in [0.3, 0.4) is 0 Å². The average Bonchev–Trinajstić information content (AvgIpc) is 2.82. The van der Waals surface area contributed by atoms with Gasteiger partial charge in [0, 0.05) is 23.5 Å². The number of aromatic amines is 1. The van der Waals surface area contributed by atoms with Crippen molar-refractivity contribution in [3.63, 3.8) is 0 Å². The minimum Gasteiger partial charge on any atom is -0.345 e. The molecule has 0 aliphatic rings. The lowest BCUT2D eigenvalue weighted by atomic mass is 10.1. The Morgan fingerprint density at radius 3 is 2.60 bits per heavy atom. The third kappa shape index (κ3) is 1.94. The van der Waals surface area contributed by atoms with Gasteiger partial charge in [-0.2, -0.15) is 0 Å². The molecule has 2 aromatic rings. The summed E-state index contributed by atoms with van der Waals surface area (Å²) in [4.78, 5) is 18.4. The summed E-state index contributed by atoms with van der Waals surface area (Å²) in [5.74, 6) is 0.739. The molecule has 0 unspecified atom stereocenters. The highest BCUT2D eigenvalue weighted by Crippen LogP contribution is 2.14. The van der Waals surface area contributed by atoms with E-state index in [-0.39, 0.29) is 12.3 Å². The molecule has 0 bridgehead atoms. The van der Waals surface area contributed by atoms with Crippen molar-refractivity contribution in [1.82, 2.24) is 9.97 Å². The molecule has 1 heterocycles. The Morgan fingerprint density at radius 1 is 1.33 bits per heavy atom. The van der Waals surface area contributed by atoms with Gasteiger partial charge in [0.05, 0.1) is 6.54 Å². The summed E-state index contributed by atoms with van der Waals surface area (Å²) >= 11 is 0. The number of nitrogens with one attached hydrogen (secondary N) is 1. The van der Waals surface area contributed by atoms with E-state index in [1.165, 1.54) is 0 Å². The quantitative estimate of drug-likeness (QED) is 0.733. The zero-order chi connectivity index (χ0) is 10.7. The van der Waals surface area contributed by atoms with E-state index >= 15 is 0 Å². The van der Waals surface area contributed by atoms with Gasteiger partial charge in [-0.3, -0.25) is 4.79 Å². The normalized spacial score (nSPS) is 10.2. The number of imidazole rings is 1.